The zero-order valence-electron chi connectivity index (χ0n) is 9.37. The van der Waals surface area contributed by atoms with Crippen LogP contribution in [0.3, 0.4) is 0 Å². The zero-order valence-corrected chi connectivity index (χ0v) is 9.37. The first-order valence-corrected chi connectivity index (χ1v) is 4.81. The van der Waals surface area contributed by atoms with E-state index in [0.29, 0.717) is 13.1 Å². The summed E-state index contributed by atoms with van der Waals surface area (Å²) >= 11 is 0. The second kappa shape index (κ2) is 5.47. The molecule has 5 heteroatoms. The number of hydrogen-bond donors (Lipinski definition) is 2. The van der Waals surface area contributed by atoms with Crippen LogP contribution in [-0.2, 0) is 0 Å². The van der Waals surface area contributed by atoms with E-state index in [2.05, 4.69) is 0 Å². The van der Waals surface area contributed by atoms with E-state index in [-0.39, 0.29) is 17.9 Å². The highest BCUT2D eigenvalue weighted by atomic mass is 16.2. The largest absolute Gasteiger partial charge is 0.386 e. The van der Waals surface area contributed by atoms with E-state index in [4.69, 9.17) is 11.1 Å². The molecular formula is C9H20N4O. The van der Waals surface area contributed by atoms with Gasteiger partial charge in [0.25, 0.3) is 0 Å². The molecule has 0 radical (unpaired) electrons. The maximum atomic E-state index is 11.8. The molecule has 2 amide bonds. The predicted molar refractivity (Wildman–Crippen MR) is 57.5 cm³/mol. The number of rotatable bonds is 4. The second-order valence-electron chi connectivity index (χ2n) is 3.20. The summed E-state index contributed by atoms with van der Waals surface area (Å²) in [7, 11) is 1.66. The fraction of sp³-hybridized carbons (Fsp3) is 0.778. The van der Waals surface area contributed by atoms with E-state index >= 15 is 0 Å². The van der Waals surface area contributed by atoms with E-state index in [1.165, 1.54) is 4.90 Å². The lowest BCUT2D eigenvalue weighted by Crippen LogP contribution is -2.49. The van der Waals surface area contributed by atoms with Gasteiger partial charge in [0.15, 0.2) is 0 Å². The Labute approximate surface area is 85.4 Å². The van der Waals surface area contributed by atoms with Gasteiger partial charge in [0.1, 0.15) is 5.84 Å². The Kier molecular flexibility index (Phi) is 4.97. The lowest BCUT2D eigenvalue weighted by molar-refractivity contribution is 0.163. The van der Waals surface area contributed by atoms with Crippen molar-refractivity contribution in [2.75, 3.05) is 20.1 Å². The monoisotopic (exact) mass is 200 g/mol. The summed E-state index contributed by atoms with van der Waals surface area (Å²) in [6.45, 7) is 6.93. The third-order valence-electron chi connectivity index (χ3n) is 2.37. The first-order valence-electron chi connectivity index (χ1n) is 4.81. The second-order valence-corrected chi connectivity index (χ2v) is 3.20. The molecule has 0 aromatic rings. The summed E-state index contributed by atoms with van der Waals surface area (Å²) in [5.41, 5.74) is 5.33. The lowest BCUT2D eigenvalue weighted by Gasteiger charge is -2.29. The fourth-order valence-electron chi connectivity index (χ4n) is 1.09. The molecule has 82 valence electrons. The highest BCUT2D eigenvalue weighted by Gasteiger charge is 2.21. The number of nitrogens with zero attached hydrogens (tertiary/aromatic N) is 2. The number of likely N-dealkylation sites (N-methyl/N-ethyl adjacent to an activating group) is 1. The molecule has 0 heterocycles. The fourth-order valence-corrected chi connectivity index (χ4v) is 1.09. The average Bonchev–Trinajstić information content (AvgIpc) is 2.17. The Morgan fingerprint density at radius 1 is 1.43 bits per heavy atom. The summed E-state index contributed by atoms with van der Waals surface area (Å²) in [6, 6.07) is -0.430. The van der Waals surface area contributed by atoms with Crippen molar-refractivity contribution < 1.29 is 4.79 Å². The third kappa shape index (κ3) is 2.90. The predicted octanol–water partition coefficient (Wildman–Crippen LogP) is 0.704. The maximum absolute atomic E-state index is 11.8. The van der Waals surface area contributed by atoms with Crippen LogP contribution in [0.2, 0.25) is 0 Å². The molecule has 14 heavy (non-hydrogen) atoms. The number of carbonyl (C=O) groups is 1. The van der Waals surface area contributed by atoms with E-state index in [9.17, 15) is 4.79 Å². The van der Waals surface area contributed by atoms with Gasteiger partial charge in [0.05, 0.1) is 6.04 Å². The Balaban J connectivity index is 4.44. The molecule has 0 aromatic heterocycles. The first-order chi connectivity index (χ1) is 6.45. The van der Waals surface area contributed by atoms with E-state index < -0.39 is 0 Å². The molecular weight excluding hydrogens is 180 g/mol. The van der Waals surface area contributed by atoms with E-state index in [1.807, 2.05) is 13.8 Å². The van der Waals surface area contributed by atoms with Crippen LogP contribution in [0.5, 0.6) is 0 Å². The molecule has 0 aliphatic heterocycles. The van der Waals surface area contributed by atoms with Crippen molar-refractivity contribution in [2.24, 2.45) is 5.73 Å². The Morgan fingerprint density at radius 3 is 2.14 bits per heavy atom. The Hall–Kier alpha value is -1.26. The molecule has 0 aromatic carbocycles. The van der Waals surface area contributed by atoms with Crippen molar-refractivity contribution in [1.82, 2.24) is 9.80 Å². The minimum Gasteiger partial charge on any atom is -0.386 e. The number of nitrogens with two attached hydrogens (primary N) is 1. The summed E-state index contributed by atoms with van der Waals surface area (Å²) in [4.78, 5) is 14.9. The Bertz CT molecular complexity index is 213. The van der Waals surface area contributed by atoms with Gasteiger partial charge < -0.3 is 15.5 Å². The molecule has 0 spiro atoms. The van der Waals surface area contributed by atoms with Crippen molar-refractivity contribution in [2.45, 2.75) is 26.8 Å². The molecule has 0 saturated heterocycles. The smallest absolute Gasteiger partial charge is 0.320 e. The van der Waals surface area contributed by atoms with Gasteiger partial charge in [-0.15, -0.1) is 0 Å². The minimum absolute atomic E-state index is 0.00741. The van der Waals surface area contributed by atoms with Gasteiger partial charge in [0, 0.05) is 20.1 Å². The van der Waals surface area contributed by atoms with Gasteiger partial charge in [-0.05, 0) is 20.8 Å². The first kappa shape index (κ1) is 12.7. The third-order valence-corrected chi connectivity index (χ3v) is 2.37. The summed E-state index contributed by atoms with van der Waals surface area (Å²) < 4.78 is 0. The van der Waals surface area contributed by atoms with Crippen molar-refractivity contribution in [1.29, 1.82) is 5.41 Å². The Morgan fingerprint density at radius 2 is 1.86 bits per heavy atom. The molecule has 0 fully saturated rings. The number of carbonyl (C=O) groups excluding carboxylic acids is 1. The minimum atomic E-state index is -0.344. The zero-order chi connectivity index (χ0) is 11.3. The van der Waals surface area contributed by atoms with Crippen LogP contribution < -0.4 is 5.73 Å². The number of amidine groups is 1. The molecule has 1 unspecified atom stereocenters. The molecule has 0 aliphatic rings. The van der Waals surface area contributed by atoms with Crippen molar-refractivity contribution in [3.8, 4) is 0 Å². The molecule has 3 N–H and O–H groups in total. The summed E-state index contributed by atoms with van der Waals surface area (Å²) in [5.74, 6) is 0.00741. The van der Waals surface area contributed by atoms with Gasteiger partial charge in [-0.2, -0.15) is 0 Å². The van der Waals surface area contributed by atoms with E-state index in [0.717, 1.165) is 0 Å². The molecule has 0 bridgehead atoms. The van der Waals surface area contributed by atoms with Gasteiger partial charge in [-0.25, -0.2) is 4.79 Å². The summed E-state index contributed by atoms with van der Waals surface area (Å²) in [6.07, 6.45) is 0. The molecule has 0 rings (SSSR count). The van der Waals surface area contributed by atoms with Crippen LogP contribution in [0.1, 0.15) is 20.8 Å². The van der Waals surface area contributed by atoms with E-state index in [1.54, 1.807) is 18.9 Å². The number of nitrogens with one attached hydrogen (secondary N) is 1. The number of hydrogen-bond acceptors (Lipinski definition) is 2. The topological polar surface area (TPSA) is 73.4 Å². The van der Waals surface area contributed by atoms with Crippen LogP contribution in [-0.4, -0.2) is 47.8 Å². The van der Waals surface area contributed by atoms with Crippen LogP contribution >= 0.6 is 0 Å². The average molecular weight is 200 g/mol. The summed E-state index contributed by atoms with van der Waals surface area (Å²) in [5, 5.41) is 7.24. The van der Waals surface area contributed by atoms with Gasteiger partial charge >= 0.3 is 6.03 Å². The highest BCUT2D eigenvalue weighted by Crippen LogP contribution is 2.01. The highest BCUT2D eigenvalue weighted by molar-refractivity contribution is 5.87. The van der Waals surface area contributed by atoms with Crippen LogP contribution in [0.4, 0.5) is 4.79 Å². The van der Waals surface area contributed by atoms with Crippen molar-refractivity contribution >= 4 is 11.9 Å². The van der Waals surface area contributed by atoms with Crippen molar-refractivity contribution in [3.05, 3.63) is 0 Å². The molecule has 0 saturated carbocycles. The van der Waals surface area contributed by atoms with Gasteiger partial charge in [0.2, 0.25) is 0 Å². The van der Waals surface area contributed by atoms with Crippen LogP contribution in [0, 0.1) is 5.41 Å². The quantitative estimate of drug-likeness (QED) is 0.518. The van der Waals surface area contributed by atoms with Crippen molar-refractivity contribution in [3.63, 3.8) is 0 Å². The van der Waals surface area contributed by atoms with Crippen LogP contribution in [0.15, 0.2) is 0 Å². The number of urea groups is 1. The molecule has 1 atom stereocenters. The van der Waals surface area contributed by atoms with Gasteiger partial charge in [-0.1, -0.05) is 0 Å². The van der Waals surface area contributed by atoms with Crippen LogP contribution in [0.25, 0.3) is 0 Å². The molecule has 0 aliphatic carbocycles. The standard InChI is InChI=1S/C9H20N4O/c1-5-13(6-2)9(14)12(4)7(3)8(10)11/h7H,5-6H2,1-4H3,(H3,10,11). The van der Waals surface area contributed by atoms with Gasteiger partial charge in [-0.3, -0.25) is 5.41 Å². The molecule has 5 nitrogen and oxygen atoms in total. The lowest BCUT2D eigenvalue weighted by atomic mass is 10.3. The SMILES string of the molecule is CCN(CC)C(=O)N(C)C(C)C(=N)N. The normalized spacial score (nSPS) is 12.0. The number of amides is 2. The maximum Gasteiger partial charge on any atom is 0.320 e.